The molecule has 1 heterocycles. The van der Waals surface area contributed by atoms with Crippen LogP contribution < -0.4 is 10.0 Å². The first-order valence-corrected chi connectivity index (χ1v) is 9.87. The second-order valence-corrected chi connectivity index (χ2v) is 8.21. The fourth-order valence-corrected chi connectivity index (χ4v) is 4.74. The summed E-state index contributed by atoms with van der Waals surface area (Å²) in [5.41, 5.74) is 1.16. The number of nitrogens with zero attached hydrogens (tertiary/aromatic N) is 1. The molecule has 1 atom stereocenters. The van der Waals surface area contributed by atoms with Crippen LogP contribution in [0.2, 0.25) is 0 Å². The predicted octanol–water partition coefficient (Wildman–Crippen LogP) is 1.89. The topological polar surface area (TPSA) is 61.4 Å². The number of hydrogen-bond donors (Lipinski definition) is 2. The summed E-state index contributed by atoms with van der Waals surface area (Å²) in [6.45, 7) is 4.33. The van der Waals surface area contributed by atoms with Crippen LogP contribution in [0.1, 0.15) is 42.7 Å². The van der Waals surface area contributed by atoms with E-state index in [1.165, 1.54) is 9.18 Å². The highest BCUT2D eigenvalue weighted by molar-refractivity contribution is 7.87. The van der Waals surface area contributed by atoms with Crippen molar-refractivity contribution in [2.75, 3.05) is 26.7 Å². The summed E-state index contributed by atoms with van der Waals surface area (Å²) in [6, 6.07) is 1.98. The normalized spacial score (nSPS) is 18.9. The Morgan fingerprint density at radius 2 is 2.29 bits per heavy atom. The molecular weight excluding hydrogens is 306 g/mol. The van der Waals surface area contributed by atoms with Gasteiger partial charge < -0.3 is 5.32 Å². The number of aryl methyl sites for hydroxylation is 1. The van der Waals surface area contributed by atoms with Gasteiger partial charge in [-0.1, -0.05) is 6.92 Å². The molecule has 0 bridgehead atoms. The number of rotatable bonds is 8. The van der Waals surface area contributed by atoms with E-state index in [0.717, 1.165) is 44.3 Å². The van der Waals surface area contributed by atoms with Crippen LogP contribution in [0.15, 0.2) is 11.4 Å². The van der Waals surface area contributed by atoms with Crippen molar-refractivity contribution in [2.24, 2.45) is 0 Å². The van der Waals surface area contributed by atoms with Crippen LogP contribution in [0.3, 0.4) is 0 Å². The maximum Gasteiger partial charge on any atom is 0.279 e. The van der Waals surface area contributed by atoms with Crippen molar-refractivity contribution < 1.29 is 8.42 Å². The van der Waals surface area contributed by atoms with Gasteiger partial charge in [0.1, 0.15) is 0 Å². The highest BCUT2D eigenvalue weighted by Crippen LogP contribution is 2.33. The first-order valence-electron chi connectivity index (χ1n) is 7.55. The van der Waals surface area contributed by atoms with E-state index in [9.17, 15) is 8.42 Å². The van der Waals surface area contributed by atoms with Gasteiger partial charge in [0, 0.05) is 24.5 Å². The zero-order valence-corrected chi connectivity index (χ0v) is 14.4. The zero-order valence-electron chi connectivity index (χ0n) is 12.8. The molecule has 0 aromatic carbocycles. The Balaban J connectivity index is 1.92. The van der Waals surface area contributed by atoms with Crippen molar-refractivity contribution in [3.8, 4) is 0 Å². The summed E-state index contributed by atoms with van der Waals surface area (Å²) >= 11 is 1.73. The molecule has 120 valence electrons. The molecule has 1 aliphatic carbocycles. The fraction of sp³-hybridized carbons (Fsp3) is 0.714. The second-order valence-electron chi connectivity index (χ2n) is 5.40. The van der Waals surface area contributed by atoms with Crippen molar-refractivity contribution in [1.82, 2.24) is 14.3 Å². The van der Waals surface area contributed by atoms with E-state index in [1.54, 1.807) is 18.4 Å². The van der Waals surface area contributed by atoms with E-state index >= 15 is 0 Å². The molecule has 1 aromatic heterocycles. The minimum atomic E-state index is -3.41. The van der Waals surface area contributed by atoms with Crippen molar-refractivity contribution in [2.45, 2.75) is 38.6 Å². The number of fused-ring (bicyclic) bond motifs is 1. The molecule has 1 aliphatic rings. The summed E-state index contributed by atoms with van der Waals surface area (Å²) in [7, 11) is -1.76. The number of nitrogens with one attached hydrogen (secondary N) is 2. The van der Waals surface area contributed by atoms with Gasteiger partial charge in [-0.05, 0) is 55.8 Å². The van der Waals surface area contributed by atoms with Crippen LogP contribution >= 0.6 is 11.3 Å². The highest BCUT2D eigenvalue weighted by atomic mass is 32.2. The first-order chi connectivity index (χ1) is 10.0. The van der Waals surface area contributed by atoms with Gasteiger partial charge in [-0.3, -0.25) is 0 Å². The Hall–Kier alpha value is -0.470. The van der Waals surface area contributed by atoms with Crippen LogP contribution in [-0.2, 0) is 16.6 Å². The van der Waals surface area contributed by atoms with Gasteiger partial charge in [0.15, 0.2) is 0 Å². The number of thiophene rings is 1. The van der Waals surface area contributed by atoms with E-state index in [4.69, 9.17) is 0 Å². The third-order valence-corrected chi connectivity index (χ3v) is 6.41. The number of hydrogen-bond acceptors (Lipinski definition) is 4. The minimum absolute atomic E-state index is 0.0683. The monoisotopic (exact) mass is 331 g/mol. The van der Waals surface area contributed by atoms with Gasteiger partial charge in [-0.25, -0.2) is 0 Å². The smallest absolute Gasteiger partial charge is 0.279 e. The fourth-order valence-electron chi connectivity index (χ4n) is 2.60. The standard InChI is InChI=1S/C14H25N3O2S2/c1-3-15-9-5-10-17(2)21(18,19)16-13-6-4-7-14-12(13)8-11-20-14/h8,11,13,15-16H,3-7,9-10H2,1-2H3. The average molecular weight is 332 g/mol. The lowest BCUT2D eigenvalue weighted by atomic mass is 9.95. The summed E-state index contributed by atoms with van der Waals surface area (Å²) in [4.78, 5) is 1.32. The first kappa shape index (κ1) is 16.9. The molecule has 0 saturated heterocycles. The highest BCUT2D eigenvalue weighted by Gasteiger charge is 2.27. The summed E-state index contributed by atoms with van der Waals surface area (Å²) in [5, 5.41) is 5.26. The summed E-state index contributed by atoms with van der Waals surface area (Å²) < 4.78 is 29.1. The molecule has 7 heteroatoms. The Bertz CT molecular complexity index is 542. The molecular formula is C14H25N3O2S2. The SMILES string of the molecule is CCNCCCN(C)S(=O)(=O)NC1CCCc2sccc21. The molecule has 1 aromatic rings. The Morgan fingerprint density at radius 1 is 1.48 bits per heavy atom. The van der Waals surface area contributed by atoms with Crippen molar-refractivity contribution in [1.29, 1.82) is 0 Å². The maximum absolute atomic E-state index is 12.4. The van der Waals surface area contributed by atoms with Crippen molar-refractivity contribution in [3.63, 3.8) is 0 Å². The van der Waals surface area contributed by atoms with Crippen molar-refractivity contribution in [3.05, 3.63) is 21.9 Å². The lowest BCUT2D eigenvalue weighted by Crippen LogP contribution is -2.41. The largest absolute Gasteiger partial charge is 0.317 e. The molecule has 0 aliphatic heterocycles. The molecule has 0 spiro atoms. The van der Waals surface area contributed by atoms with E-state index in [2.05, 4.69) is 21.5 Å². The van der Waals surface area contributed by atoms with Gasteiger partial charge >= 0.3 is 0 Å². The molecule has 1 unspecified atom stereocenters. The van der Waals surface area contributed by atoms with E-state index in [1.807, 2.05) is 6.92 Å². The zero-order chi connectivity index (χ0) is 15.3. The van der Waals surface area contributed by atoms with Gasteiger partial charge in [-0.15, -0.1) is 11.3 Å². The Morgan fingerprint density at radius 3 is 3.05 bits per heavy atom. The van der Waals surface area contributed by atoms with Crippen LogP contribution in [0.25, 0.3) is 0 Å². The Kier molecular flexibility index (Phi) is 6.19. The Labute approximate surface area is 131 Å². The summed E-state index contributed by atoms with van der Waals surface area (Å²) in [5.74, 6) is 0. The van der Waals surface area contributed by atoms with Crippen LogP contribution in [-0.4, -0.2) is 39.4 Å². The third kappa shape index (κ3) is 4.50. The van der Waals surface area contributed by atoms with Gasteiger partial charge in [0.25, 0.3) is 10.2 Å². The van der Waals surface area contributed by atoms with E-state index in [0.29, 0.717) is 6.54 Å². The quantitative estimate of drug-likeness (QED) is 0.715. The van der Waals surface area contributed by atoms with Crippen LogP contribution in [0, 0.1) is 0 Å². The average Bonchev–Trinajstić information content (AvgIpc) is 2.92. The molecule has 0 radical (unpaired) electrons. The molecule has 21 heavy (non-hydrogen) atoms. The van der Waals surface area contributed by atoms with Gasteiger partial charge in [0.05, 0.1) is 0 Å². The lowest BCUT2D eigenvalue weighted by molar-refractivity contribution is 0.428. The molecule has 2 rings (SSSR count). The molecule has 2 N–H and O–H groups in total. The van der Waals surface area contributed by atoms with E-state index in [-0.39, 0.29) is 6.04 Å². The third-order valence-electron chi connectivity index (χ3n) is 3.83. The van der Waals surface area contributed by atoms with Gasteiger partial charge in [-0.2, -0.15) is 17.4 Å². The van der Waals surface area contributed by atoms with Crippen molar-refractivity contribution >= 4 is 21.5 Å². The molecule has 5 nitrogen and oxygen atoms in total. The molecule has 0 amide bonds. The van der Waals surface area contributed by atoms with Crippen LogP contribution in [0.4, 0.5) is 0 Å². The lowest BCUT2D eigenvalue weighted by Gasteiger charge is -2.26. The summed E-state index contributed by atoms with van der Waals surface area (Å²) in [6.07, 6.45) is 3.82. The van der Waals surface area contributed by atoms with Crippen LogP contribution in [0.5, 0.6) is 0 Å². The molecule has 0 fully saturated rings. The molecule has 0 saturated carbocycles. The minimum Gasteiger partial charge on any atom is -0.317 e. The second kappa shape index (κ2) is 7.69. The predicted molar refractivity (Wildman–Crippen MR) is 87.8 cm³/mol. The maximum atomic E-state index is 12.4. The van der Waals surface area contributed by atoms with Gasteiger partial charge in [0.2, 0.25) is 0 Å². The van der Waals surface area contributed by atoms with E-state index < -0.39 is 10.2 Å².